The SMILES string of the molecule is COP(=O)(CC(=O)Cc1cccc(Br)c1)OC. The summed E-state index contributed by atoms with van der Waals surface area (Å²) in [5.41, 5.74) is 0.864. The lowest BCUT2D eigenvalue weighted by Crippen LogP contribution is -2.10. The molecule has 0 bridgehead atoms. The van der Waals surface area contributed by atoms with Crippen molar-refractivity contribution in [2.75, 3.05) is 20.4 Å². The Morgan fingerprint density at radius 3 is 2.53 bits per heavy atom. The molecule has 1 aromatic carbocycles. The van der Waals surface area contributed by atoms with E-state index in [9.17, 15) is 9.36 Å². The maximum absolute atomic E-state index is 11.7. The molecule has 4 nitrogen and oxygen atoms in total. The van der Waals surface area contributed by atoms with E-state index in [0.29, 0.717) is 0 Å². The molecular formula is C11H14BrO4P. The number of carbonyl (C=O) groups is 1. The molecule has 0 aliphatic carbocycles. The van der Waals surface area contributed by atoms with E-state index in [4.69, 9.17) is 9.05 Å². The van der Waals surface area contributed by atoms with E-state index in [-0.39, 0.29) is 18.4 Å². The van der Waals surface area contributed by atoms with Gasteiger partial charge in [-0.2, -0.15) is 0 Å². The highest BCUT2D eigenvalue weighted by molar-refractivity contribution is 9.10. The molecule has 0 atom stereocenters. The third kappa shape index (κ3) is 4.72. The predicted octanol–water partition coefficient (Wildman–Crippen LogP) is 3.05. The van der Waals surface area contributed by atoms with Crippen LogP contribution in [0.3, 0.4) is 0 Å². The normalized spacial score (nSPS) is 11.5. The van der Waals surface area contributed by atoms with Gasteiger partial charge in [0.1, 0.15) is 11.9 Å². The molecule has 6 heteroatoms. The van der Waals surface area contributed by atoms with Crippen LogP contribution in [0.2, 0.25) is 0 Å². The topological polar surface area (TPSA) is 52.6 Å². The van der Waals surface area contributed by atoms with Crippen LogP contribution in [0.25, 0.3) is 0 Å². The fourth-order valence-electron chi connectivity index (χ4n) is 1.35. The number of benzene rings is 1. The Morgan fingerprint density at radius 2 is 2.00 bits per heavy atom. The van der Waals surface area contributed by atoms with Gasteiger partial charge >= 0.3 is 7.60 Å². The smallest absolute Gasteiger partial charge is 0.312 e. The second-order valence-corrected chi connectivity index (χ2v) is 6.66. The highest BCUT2D eigenvalue weighted by Gasteiger charge is 2.25. The summed E-state index contributed by atoms with van der Waals surface area (Å²) < 4.78 is 22.1. The van der Waals surface area contributed by atoms with Crippen molar-refractivity contribution in [2.24, 2.45) is 0 Å². The van der Waals surface area contributed by atoms with Gasteiger partial charge in [-0.05, 0) is 17.7 Å². The first-order chi connectivity index (χ1) is 7.99. The van der Waals surface area contributed by atoms with Gasteiger partial charge in [0, 0.05) is 25.1 Å². The molecular weight excluding hydrogens is 307 g/mol. The fourth-order valence-corrected chi connectivity index (χ4v) is 2.75. The van der Waals surface area contributed by atoms with Gasteiger partial charge in [-0.25, -0.2) is 0 Å². The van der Waals surface area contributed by atoms with Gasteiger partial charge in [0.2, 0.25) is 0 Å². The largest absolute Gasteiger partial charge is 0.337 e. The monoisotopic (exact) mass is 320 g/mol. The lowest BCUT2D eigenvalue weighted by Gasteiger charge is -2.12. The van der Waals surface area contributed by atoms with E-state index in [2.05, 4.69) is 15.9 Å². The van der Waals surface area contributed by atoms with Crippen LogP contribution in [0.5, 0.6) is 0 Å². The zero-order valence-electron chi connectivity index (χ0n) is 9.68. The average Bonchev–Trinajstić information content (AvgIpc) is 2.28. The Balaban J connectivity index is 2.64. The molecule has 0 aliphatic rings. The van der Waals surface area contributed by atoms with Crippen molar-refractivity contribution in [3.05, 3.63) is 34.3 Å². The van der Waals surface area contributed by atoms with Crippen LogP contribution in [-0.4, -0.2) is 26.2 Å². The van der Waals surface area contributed by atoms with Gasteiger partial charge in [0.25, 0.3) is 0 Å². The van der Waals surface area contributed by atoms with Gasteiger partial charge in [-0.3, -0.25) is 9.36 Å². The maximum atomic E-state index is 11.7. The molecule has 94 valence electrons. The highest BCUT2D eigenvalue weighted by Crippen LogP contribution is 2.46. The Kier molecular flexibility index (Phi) is 5.53. The molecule has 0 aliphatic heterocycles. The Labute approximate surface area is 109 Å². The third-order valence-corrected chi connectivity index (χ3v) is 4.56. The first-order valence-electron chi connectivity index (χ1n) is 4.96. The molecule has 0 heterocycles. The molecule has 0 radical (unpaired) electrons. The summed E-state index contributed by atoms with van der Waals surface area (Å²) >= 11 is 3.33. The van der Waals surface area contributed by atoms with Gasteiger partial charge < -0.3 is 9.05 Å². The van der Waals surface area contributed by atoms with Crippen LogP contribution < -0.4 is 0 Å². The quantitative estimate of drug-likeness (QED) is 0.756. The van der Waals surface area contributed by atoms with Crippen molar-refractivity contribution in [2.45, 2.75) is 6.42 Å². The van der Waals surface area contributed by atoms with Crippen molar-refractivity contribution >= 4 is 29.3 Å². The second-order valence-electron chi connectivity index (χ2n) is 3.48. The molecule has 1 aromatic rings. The number of hydrogen-bond acceptors (Lipinski definition) is 4. The van der Waals surface area contributed by atoms with Gasteiger partial charge in [-0.15, -0.1) is 0 Å². The number of ketones is 1. The van der Waals surface area contributed by atoms with Crippen LogP contribution in [0, 0.1) is 0 Å². The maximum Gasteiger partial charge on any atom is 0.337 e. The number of rotatable bonds is 6. The molecule has 0 amide bonds. The summed E-state index contributed by atoms with van der Waals surface area (Å²) in [6.07, 6.45) is 0.0165. The van der Waals surface area contributed by atoms with Crippen LogP contribution >= 0.6 is 23.5 Å². The molecule has 1 rings (SSSR count). The standard InChI is InChI=1S/C11H14BrO4P/c1-15-17(14,16-2)8-11(13)7-9-4-3-5-10(12)6-9/h3-6H,7-8H2,1-2H3. The average molecular weight is 321 g/mol. The number of Topliss-reactive ketones (excluding diaryl/α,β-unsaturated/α-hetero) is 1. The van der Waals surface area contributed by atoms with Crippen molar-refractivity contribution in [1.29, 1.82) is 0 Å². The highest BCUT2D eigenvalue weighted by atomic mass is 79.9. The molecule has 0 spiro atoms. The molecule has 0 fully saturated rings. The number of carbonyl (C=O) groups excluding carboxylic acids is 1. The zero-order chi connectivity index (χ0) is 12.9. The molecule has 0 aromatic heterocycles. The summed E-state index contributed by atoms with van der Waals surface area (Å²) in [6, 6.07) is 7.41. The first kappa shape index (κ1) is 14.6. The molecule has 0 saturated heterocycles. The van der Waals surface area contributed by atoms with Crippen LogP contribution in [0.4, 0.5) is 0 Å². The van der Waals surface area contributed by atoms with Crippen molar-refractivity contribution < 1.29 is 18.4 Å². The van der Waals surface area contributed by atoms with Crippen LogP contribution in [0.1, 0.15) is 5.56 Å². The van der Waals surface area contributed by atoms with E-state index in [1.54, 1.807) is 0 Å². The van der Waals surface area contributed by atoms with E-state index in [1.165, 1.54) is 14.2 Å². The van der Waals surface area contributed by atoms with Crippen LogP contribution in [-0.2, 0) is 24.8 Å². The first-order valence-corrected chi connectivity index (χ1v) is 7.48. The molecule has 17 heavy (non-hydrogen) atoms. The van der Waals surface area contributed by atoms with Gasteiger partial charge in [0.15, 0.2) is 0 Å². The van der Waals surface area contributed by atoms with Crippen molar-refractivity contribution in [3.8, 4) is 0 Å². The molecule has 0 unspecified atom stereocenters. The summed E-state index contributed by atoms with van der Waals surface area (Å²) in [5.74, 6) is -0.171. The van der Waals surface area contributed by atoms with E-state index >= 15 is 0 Å². The summed E-state index contributed by atoms with van der Waals surface area (Å²) in [7, 11) is -0.698. The minimum absolute atomic E-state index is 0.171. The fraction of sp³-hybridized carbons (Fsp3) is 0.364. The number of halogens is 1. The van der Waals surface area contributed by atoms with E-state index in [1.807, 2.05) is 24.3 Å². The summed E-state index contributed by atoms with van der Waals surface area (Å²) in [5, 5.41) is 0. The summed E-state index contributed by atoms with van der Waals surface area (Å²) in [4.78, 5) is 11.7. The Morgan fingerprint density at radius 1 is 1.35 bits per heavy atom. The second kappa shape index (κ2) is 6.45. The molecule has 0 saturated carbocycles. The lowest BCUT2D eigenvalue weighted by molar-refractivity contribution is -0.116. The van der Waals surface area contributed by atoms with Crippen molar-refractivity contribution in [3.63, 3.8) is 0 Å². The van der Waals surface area contributed by atoms with Gasteiger partial charge in [-0.1, -0.05) is 28.1 Å². The number of hydrogen-bond donors (Lipinski definition) is 0. The van der Waals surface area contributed by atoms with E-state index in [0.717, 1.165) is 10.0 Å². The van der Waals surface area contributed by atoms with Crippen molar-refractivity contribution in [1.82, 2.24) is 0 Å². The Hall–Kier alpha value is -0.480. The van der Waals surface area contributed by atoms with Gasteiger partial charge in [0.05, 0.1) is 0 Å². The third-order valence-electron chi connectivity index (χ3n) is 2.22. The summed E-state index contributed by atoms with van der Waals surface area (Å²) in [6.45, 7) is 0. The Bertz CT molecular complexity index is 439. The minimum atomic E-state index is -3.25. The zero-order valence-corrected chi connectivity index (χ0v) is 12.2. The lowest BCUT2D eigenvalue weighted by atomic mass is 10.1. The van der Waals surface area contributed by atoms with Crippen LogP contribution in [0.15, 0.2) is 28.7 Å². The minimum Gasteiger partial charge on any atom is -0.312 e. The predicted molar refractivity (Wildman–Crippen MR) is 69.3 cm³/mol. The molecule has 0 N–H and O–H groups in total. The van der Waals surface area contributed by atoms with E-state index < -0.39 is 7.60 Å².